The number of carbonyl (C=O) groups is 1. The molecular weight excluding hydrogens is 300 g/mol. The van der Waals surface area contributed by atoms with E-state index in [9.17, 15) is 9.59 Å². The first kappa shape index (κ1) is 16.8. The lowest BCUT2D eigenvalue weighted by Crippen LogP contribution is -3.11. The Labute approximate surface area is 133 Å². The lowest BCUT2D eigenvalue weighted by Gasteiger charge is -2.15. The van der Waals surface area contributed by atoms with E-state index in [1.54, 1.807) is 12.1 Å². The molecule has 1 aromatic carbocycles. The van der Waals surface area contributed by atoms with Crippen LogP contribution in [0.3, 0.4) is 0 Å². The number of nitrogens with zero attached hydrogens (tertiary/aromatic N) is 1. The number of hydrogen-bond donors (Lipinski definition) is 3. The molecule has 8 heteroatoms. The number of hydrogen-bond acceptors (Lipinski definition) is 5. The van der Waals surface area contributed by atoms with Gasteiger partial charge in [-0.3, -0.25) is 9.59 Å². The van der Waals surface area contributed by atoms with Crippen molar-refractivity contribution in [2.45, 2.75) is 13.5 Å². The first-order chi connectivity index (χ1) is 11.0. The molecule has 0 radical (unpaired) electrons. The van der Waals surface area contributed by atoms with Crippen molar-refractivity contribution in [2.24, 2.45) is 5.73 Å². The minimum atomic E-state index is -0.392. The summed E-state index contributed by atoms with van der Waals surface area (Å²) >= 11 is 0. The smallest absolute Gasteiger partial charge is 0.272 e. The van der Waals surface area contributed by atoms with Crippen molar-refractivity contribution < 1.29 is 19.2 Å². The van der Waals surface area contributed by atoms with Crippen molar-refractivity contribution in [3.05, 3.63) is 28.3 Å². The highest BCUT2D eigenvalue weighted by Crippen LogP contribution is 2.29. The Bertz CT molecular complexity index is 772. The minimum Gasteiger partial charge on any atom is -0.493 e. The fourth-order valence-corrected chi connectivity index (χ4v) is 2.39. The molecule has 1 atom stereocenters. The number of methoxy groups -OCH3 is 2. The molecule has 0 saturated carbocycles. The van der Waals surface area contributed by atoms with E-state index in [0.717, 1.165) is 4.90 Å². The molecule has 23 heavy (non-hydrogen) atoms. The van der Waals surface area contributed by atoms with Gasteiger partial charge in [0.2, 0.25) is 0 Å². The third-order valence-electron chi connectivity index (χ3n) is 3.60. The van der Waals surface area contributed by atoms with Gasteiger partial charge in [0, 0.05) is 6.07 Å². The van der Waals surface area contributed by atoms with Crippen LogP contribution in [0.2, 0.25) is 0 Å². The Balaban J connectivity index is 2.44. The van der Waals surface area contributed by atoms with Crippen molar-refractivity contribution in [3.8, 4) is 11.5 Å². The van der Waals surface area contributed by atoms with Gasteiger partial charge in [-0.1, -0.05) is 0 Å². The lowest BCUT2D eigenvalue weighted by molar-refractivity contribution is -0.904. The summed E-state index contributed by atoms with van der Waals surface area (Å²) in [5.41, 5.74) is 5.48. The normalized spacial score (nSPS) is 12.1. The van der Waals surface area contributed by atoms with E-state index in [1.807, 2.05) is 6.92 Å². The van der Waals surface area contributed by atoms with Crippen LogP contribution in [0.4, 0.5) is 0 Å². The summed E-state index contributed by atoms with van der Waals surface area (Å²) in [4.78, 5) is 31.4. The molecule has 0 aliphatic rings. The predicted molar refractivity (Wildman–Crippen MR) is 84.7 cm³/mol. The molecule has 1 heterocycles. The van der Waals surface area contributed by atoms with E-state index in [-0.39, 0.29) is 12.1 Å². The third kappa shape index (κ3) is 3.78. The monoisotopic (exact) mass is 321 g/mol. The van der Waals surface area contributed by atoms with E-state index >= 15 is 0 Å². The van der Waals surface area contributed by atoms with Crippen molar-refractivity contribution in [1.82, 2.24) is 9.97 Å². The Morgan fingerprint density at radius 3 is 2.52 bits per heavy atom. The molecule has 2 aromatic rings. The second-order valence-corrected chi connectivity index (χ2v) is 5.16. The van der Waals surface area contributed by atoms with Gasteiger partial charge in [-0.2, -0.15) is 0 Å². The summed E-state index contributed by atoms with van der Waals surface area (Å²) in [5.74, 6) is 1.07. The van der Waals surface area contributed by atoms with E-state index in [4.69, 9.17) is 15.2 Å². The molecule has 1 unspecified atom stereocenters. The van der Waals surface area contributed by atoms with Crippen LogP contribution in [-0.4, -0.2) is 43.2 Å². The second-order valence-electron chi connectivity index (χ2n) is 5.16. The quantitative estimate of drug-likeness (QED) is 0.595. The van der Waals surface area contributed by atoms with E-state index in [0.29, 0.717) is 41.3 Å². The number of amides is 1. The number of H-pyrrole nitrogens is 1. The van der Waals surface area contributed by atoms with Gasteiger partial charge >= 0.3 is 0 Å². The maximum Gasteiger partial charge on any atom is 0.272 e. The van der Waals surface area contributed by atoms with Crippen LogP contribution < -0.4 is 25.7 Å². The summed E-state index contributed by atoms with van der Waals surface area (Å²) < 4.78 is 10.4. The van der Waals surface area contributed by atoms with Crippen molar-refractivity contribution in [1.29, 1.82) is 0 Å². The van der Waals surface area contributed by atoms with E-state index in [2.05, 4.69) is 9.97 Å². The van der Waals surface area contributed by atoms with Gasteiger partial charge in [0.15, 0.2) is 23.9 Å². The van der Waals surface area contributed by atoms with Gasteiger partial charge in [0.05, 0.1) is 31.7 Å². The molecule has 8 nitrogen and oxygen atoms in total. The molecule has 0 saturated heterocycles. The highest BCUT2D eigenvalue weighted by atomic mass is 16.5. The summed E-state index contributed by atoms with van der Waals surface area (Å²) in [6.45, 7) is 3.21. The fourth-order valence-electron chi connectivity index (χ4n) is 2.39. The zero-order valence-corrected chi connectivity index (χ0v) is 13.4. The number of rotatable bonds is 7. The standard InChI is InChI=1S/C15H20N4O4/c1-4-19(7-13(16)20)8-14-17-10-6-12(23-3)11(22-2)5-9(10)15(21)18-14/h5-6H,4,7-8H2,1-3H3,(H2,16,20)(H,17,18,21)/p+1. The van der Waals surface area contributed by atoms with Crippen molar-refractivity contribution >= 4 is 16.8 Å². The average Bonchev–Trinajstić information content (AvgIpc) is 2.52. The number of likely N-dealkylation sites (N-methyl/N-ethyl adjacent to an activating group) is 1. The number of carbonyl (C=O) groups excluding carboxylic acids is 1. The van der Waals surface area contributed by atoms with Crippen LogP contribution in [0.5, 0.6) is 11.5 Å². The molecule has 4 N–H and O–H groups in total. The molecule has 0 aliphatic carbocycles. The number of ether oxygens (including phenoxy) is 2. The number of fused-ring (bicyclic) bond motifs is 1. The summed E-state index contributed by atoms with van der Waals surface area (Å²) in [7, 11) is 3.03. The maximum atomic E-state index is 12.3. The van der Waals surface area contributed by atoms with Crippen LogP contribution in [0.1, 0.15) is 12.7 Å². The van der Waals surface area contributed by atoms with Gasteiger partial charge in [0.25, 0.3) is 11.5 Å². The minimum absolute atomic E-state index is 0.185. The van der Waals surface area contributed by atoms with Crippen LogP contribution in [0, 0.1) is 0 Å². The Morgan fingerprint density at radius 1 is 1.30 bits per heavy atom. The molecular formula is C15H21N4O4+. The maximum absolute atomic E-state index is 12.3. The van der Waals surface area contributed by atoms with Crippen LogP contribution >= 0.6 is 0 Å². The van der Waals surface area contributed by atoms with Crippen LogP contribution in [0.15, 0.2) is 16.9 Å². The van der Waals surface area contributed by atoms with E-state index < -0.39 is 5.91 Å². The topological polar surface area (TPSA) is 112 Å². The number of nitrogens with one attached hydrogen (secondary N) is 2. The highest BCUT2D eigenvalue weighted by molar-refractivity contribution is 5.81. The van der Waals surface area contributed by atoms with Crippen LogP contribution in [-0.2, 0) is 11.3 Å². The van der Waals surface area contributed by atoms with Gasteiger partial charge in [0.1, 0.15) is 6.54 Å². The molecule has 0 aliphatic heterocycles. The largest absolute Gasteiger partial charge is 0.493 e. The number of primary amides is 1. The third-order valence-corrected chi connectivity index (χ3v) is 3.60. The van der Waals surface area contributed by atoms with Gasteiger partial charge in [-0.25, -0.2) is 4.98 Å². The number of quaternary nitrogens is 1. The summed E-state index contributed by atoms with van der Waals surface area (Å²) in [6.07, 6.45) is 0. The zero-order chi connectivity index (χ0) is 17.0. The van der Waals surface area contributed by atoms with Gasteiger partial charge in [-0.15, -0.1) is 0 Å². The Morgan fingerprint density at radius 2 is 1.96 bits per heavy atom. The number of aromatic amines is 1. The highest BCUT2D eigenvalue weighted by Gasteiger charge is 2.15. The molecule has 2 rings (SSSR count). The molecule has 1 aromatic heterocycles. The number of nitrogens with two attached hydrogens (primary N) is 1. The lowest BCUT2D eigenvalue weighted by atomic mass is 10.2. The predicted octanol–water partition coefficient (Wildman–Crippen LogP) is -1.17. The first-order valence-electron chi connectivity index (χ1n) is 7.25. The average molecular weight is 321 g/mol. The fraction of sp³-hybridized carbons (Fsp3) is 0.400. The van der Waals surface area contributed by atoms with Gasteiger partial charge < -0.3 is 25.1 Å². The zero-order valence-electron chi connectivity index (χ0n) is 13.4. The molecule has 1 amide bonds. The summed E-state index contributed by atoms with van der Waals surface area (Å²) in [5, 5.41) is 0.416. The molecule has 0 spiro atoms. The SMILES string of the molecule is CC[NH+](CC(N)=O)Cc1nc2cc(OC)c(OC)cc2c(=O)[nH]1. The summed E-state index contributed by atoms with van der Waals surface area (Å²) in [6, 6.07) is 3.25. The molecule has 0 bridgehead atoms. The second kappa shape index (κ2) is 7.10. The first-order valence-corrected chi connectivity index (χ1v) is 7.25. The van der Waals surface area contributed by atoms with Crippen molar-refractivity contribution in [3.63, 3.8) is 0 Å². The van der Waals surface area contributed by atoms with Crippen molar-refractivity contribution in [2.75, 3.05) is 27.3 Å². The number of benzene rings is 1. The molecule has 0 fully saturated rings. The Hall–Kier alpha value is -2.61. The molecule has 124 valence electrons. The van der Waals surface area contributed by atoms with Crippen LogP contribution in [0.25, 0.3) is 10.9 Å². The van der Waals surface area contributed by atoms with Gasteiger partial charge in [-0.05, 0) is 13.0 Å². The number of aromatic nitrogens is 2. The Kier molecular flexibility index (Phi) is 5.17. The van der Waals surface area contributed by atoms with E-state index in [1.165, 1.54) is 14.2 Å².